The molecular formula is C30H33NO4. The number of benzene rings is 2. The average molecular weight is 472 g/mol. The number of likely N-dealkylation sites (N-methyl/N-ethyl adjacent to an activating group) is 1. The quantitative estimate of drug-likeness (QED) is 0.444. The predicted molar refractivity (Wildman–Crippen MR) is 134 cm³/mol. The molecule has 0 unspecified atom stereocenters. The van der Waals surface area contributed by atoms with Crippen LogP contribution in [0, 0.1) is 18.3 Å². The summed E-state index contributed by atoms with van der Waals surface area (Å²) in [7, 11) is 2.22. The van der Waals surface area contributed by atoms with Gasteiger partial charge in [0.2, 0.25) is 0 Å². The number of likely N-dealkylation sites (tertiary alicyclic amines) is 1. The van der Waals surface area contributed by atoms with E-state index in [9.17, 15) is 4.79 Å². The number of Topliss-reactive ketones (excluding diaryl/α,β-unsaturated/α-hetero) is 1. The monoisotopic (exact) mass is 471 g/mol. The van der Waals surface area contributed by atoms with Crippen LogP contribution < -0.4 is 14.2 Å². The summed E-state index contributed by atoms with van der Waals surface area (Å²) in [6.45, 7) is 3.73. The first-order valence-corrected chi connectivity index (χ1v) is 12.9. The molecule has 2 heterocycles. The number of aryl methyl sites for hydroxylation is 1. The maximum absolute atomic E-state index is 13.4. The molecule has 2 aliphatic carbocycles. The van der Waals surface area contributed by atoms with Gasteiger partial charge >= 0.3 is 0 Å². The summed E-state index contributed by atoms with van der Waals surface area (Å²) in [5.74, 6) is 5.33. The third-order valence-corrected chi connectivity index (χ3v) is 9.09. The summed E-state index contributed by atoms with van der Waals surface area (Å²) >= 11 is 0. The number of hydrogen-bond donors (Lipinski definition) is 0. The number of hydrogen-bond acceptors (Lipinski definition) is 5. The molecule has 4 aliphatic rings. The van der Waals surface area contributed by atoms with E-state index >= 15 is 0 Å². The Hall–Kier alpha value is -2.97. The third-order valence-electron chi connectivity index (χ3n) is 9.09. The Morgan fingerprint density at radius 2 is 2.06 bits per heavy atom. The van der Waals surface area contributed by atoms with Gasteiger partial charge in [-0.2, -0.15) is 0 Å². The molecule has 2 aromatic carbocycles. The number of piperidine rings is 1. The Bertz CT molecular complexity index is 1200. The number of carbonyl (C=O) groups excluding carboxylic acids is 1. The Morgan fingerprint density at radius 1 is 1.23 bits per heavy atom. The Labute approximate surface area is 207 Å². The molecule has 2 aromatic rings. The van der Waals surface area contributed by atoms with Crippen molar-refractivity contribution in [3.63, 3.8) is 0 Å². The molecule has 4 atom stereocenters. The van der Waals surface area contributed by atoms with Crippen molar-refractivity contribution in [3.05, 3.63) is 53.1 Å². The molecule has 35 heavy (non-hydrogen) atoms. The molecule has 2 fully saturated rings. The maximum Gasteiger partial charge on any atom is 0.177 e. The van der Waals surface area contributed by atoms with Gasteiger partial charge < -0.3 is 19.1 Å². The SMILES string of the molecule is C#CCOc1cc(OCCCc2ccccc2)c2c3c1O[C@@]1(C)C(=O)CC[C@H]4[C@@H](C2)N(C)CC[C@@]341. The summed E-state index contributed by atoms with van der Waals surface area (Å²) in [6.07, 6.45) is 10.7. The van der Waals surface area contributed by atoms with Gasteiger partial charge in [0.05, 0.1) is 12.0 Å². The van der Waals surface area contributed by atoms with Crippen molar-refractivity contribution in [3.8, 4) is 29.6 Å². The highest BCUT2D eigenvalue weighted by atomic mass is 16.5. The molecule has 0 N–H and O–H groups in total. The lowest BCUT2D eigenvalue weighted by atomic mass is 9.47. The molecule has 0 amide bonds. The van der Waals surface area contributed by atoms with E-state index in [2.05, 4.69) is 42.1 Å². The topological polar surface area (TPSA) is 48.0 Å². The zero-order valence-corrected chi connectivity index (χ0v) is 20.6. The average Bonchev–Trinajstić information content (AvgIpc) is 3.15. The van der Waals surface area contributed by atoms with E-state index in [-0.39, 0.29) is 17.8 Å². The fraction of sp³-hybridized carbons (Fsp3) is 0.500. The normalized spacial score (nSPS) is 30.3. The zero-order chi connectivity index (χ0) is 24.2. The van der Waals surface area contributed by atoms with Crippen LogP contribution in [0.2, 0.25) is 0 Å². The fourth-order valence-electron chi connectivity index (χ4n) is 7.44. The first-order chi connectivity index (χ1) is 17.0. The van der Waals surface area contributed by atoms with Crippen LogP contribution in [0.5, 0.6) is 17.2 Å². The van der Waals surface area contributed by atoms with Crippen molar-refractivity contribution in [2.24, 2.45) is 5.92 Å². The summed E-state index contributed by atoms with van der Waals surface area (Å²) < 4.78 is 19.1. The van der Waals surface area contributed by atoms with Crippen LogP contribution in [0.4, 0.5) is 0 Å². The van der Waals surface area contributed by atoms with Gasteiger partial charge in [-0.05, 0) is 64.1 Å². The Morgan fingerprint density at radius 3 is 2.86 bits per heavy atom. The van der Waals surface area contributed by atoms with Gasteiger partial charge in [-0.25, -0.2) is 0 Å². The summed E-state index contributed by atoms with van der Waals surface area (Å²) in [5, 5.41) is 0. The van der Waals surface area contributed by atoms with Crippen LogP contribution in [-0.2, 0) is 23.1 Å². The van der Waals surface area contributed by atoms with Crippen molar-refractivity contribution in [2.45, 2.75) is 62.5 Å². The second-order valence-electron chi connectivity index (χ2n) is 10.7. The number of carbonyl (C=O) groups is 1. The lowest BCUT2D eigenvalue weighted by Crippen LogP contribution is -2.70. The molecule has 5 heteroatoms. The molecular weight excluding hydrogens is 438 g/mol. The smallest absolute Gasteiger partial charge is 0.177 e. The molecule has 2 aliphatic heterocycles. The largest absolute Gasteiger partial charge is 0.493 e. The van der Waals surface area contributed by atoms with Crippen LogP contribution in [0.25, 0.3) is 0 Å². The Balaban J connectivity index is 1.41. The zero-order valence-electron chi connectivity index (χ0n) is 20.6. The molecule has 1 saturated heterocycles. The van der Waals surface area contributed by atoms with Crippen molar-refractivity contribution in [2.75, 3.05) is 26.8 Å². The van der Waals surface area contributed by atoms with Crippen LogP contribution in [0.15, 0.2) is 36.4 Å². The van der Waals surface area contributed by atoms with Gasteiger partial charge in [-0.3, -0.25) is 4.79 Å². The molecule has 1 spiro atoms. The first kappa shape index (κ1) is 22.5. The minimum Gasteiger partial charge on any atom is -0.493 e. The number of terminal acetylenes is 1. The van der Waals surface area contributed by atoms with Crippen molar-refractivity contribution in [1.82, 2.24) is 4.90 Å². The van der Waals surface area contributed by atoms with Gasteiger partial charge in [0.25, 0.3) is 0 Å². The van der Waals surface area contributed by atoms with Crippen molar-refractivity contribution >= 4 is 5.78 Å². The highest BCUT2D eigenvalue weighted by molar-refractivity contribution is 5.93. The van der Waals surface area contributed by atoms with E-state index in [0.29, 0.717) is 30.7 Å². The fourth-order valence-corrected chi connectivity index (χ4v) is 7.44. The lowest BCUT2D eigenvalue weighted by Gasteiger charge is -2.60. The predicted octanol–water partition coefficient (Wildman–Crippen LogP) is 4.34. The van der Waals surface area contributed by atoms with Crippen molar-refractivity contribution < 1.29 is 19.0 Å². The van der Waals surface area contributed by atoms with Crippen molar-refractivity contribution in [1.29, 1.82) is 0 Å². The highest BCUT2D eigenvalue weighted by Gasteiger charge is 2.71. The van der Waals surface area contributed by atoms with E-state index in [1.807, 2.05) is 19.1 Å². The summed E-state index contributed by atoms with van der Waals surface area (Å²) in [4.78, 5) is 15.9. The molecule has 5 nitrogen and oxygen atoms in total. The number of nitrogens with zero attached hydrogens (tertiary/aromatic N) is 1. The molecule has 2 bridgehead atoms. The molecule has 182 valence electrons. The second kappa shape index (κ2) is 8.31. The number of rotatable bonds is 7. The van der Waals surface area contributed by atoms with Gasteiger partial charge in [0, 0.05) is 29.7 Å². The first-order valence-electron chi connectivity index (χ1n) is 12.9. The Kier molecular flexibility index (Phi) is 5.34. The molecule has 6 rings (SSSR count). The summed E-state index contributed by atoms with van der Waals surface area (Å²) in [6, 6.07) is 12.8. The second-order valence-corrected chi connectivity index (χ2v) is 10.7. The van der Waals surface area contributed by atoms with E-state index in [4.69, 9.17) is 20.6 Å². The maximum atomic E-state index is 13.4. The number of ether oxygens (including phenoxy) is 3. The highest BCUT2D eigenvalue weighted by Crippen LogP contribution is 2.68. The minimum absolute atomic E-state index is 0.148. The number of ketones is 1. The van der Waals surface area contributed by atoms with E-state index in [0.717, 1.165) is 55.7 Å². The molecule has 1 saturated carbocycles. The van der Waals surface area contributed by atoms with Gasteiger partial charge in [-0.1, -0.05) is 36.3 Å². The van der Waals surface area contributed by atoms with Crippen LogP contribution in [0.1, 0.15) is 49.3 Å². The molecule has 0 aromatic heterocycles. The third kappa shape index (κ3) is 3.16. The van der Waals surface area contributed by atoms with Gasteiger partial charge in [0.15, 0.2) is 22.9 Å². The van der Waals surface area contributed by atoms with E-state index < -0.39 is 5.60 Å². The minimum atomic E-state index is -0.868. The van der Waals surface area contributed by atoms with E-state index in [1.165, 1.54) is 11.1 Å². The summed E-state index contributed by atoms with van der Waals surface area (Å²) in [5.41, 5.74) is 2.47. The van der Waals surface area contributed by atoms with Crippen LogP contribution in [-0.4, -0.2) is 49.1 Å². The molecule has 0 radical (unpaired) electrons. The van der Waals surface area contributed by atoms with Gasteiger partial charge in [-0.15, -0.1) is 6.42 Å². The van der Waals surface area contributed by atoms with Crippen LogP contribution in [0.3, 0.4) is 0 Å². The van der Waals surface area contributed by atoms with Gasteiger partial charge in [0.1, 0.15) is 12.4 Å². The van der Waals surface area contributed by atoms with Crippen LogP contribution >= 0.6 is 0 Å². The lowest BCUT2D eigenvalue weighted by molar-refractivity contribution is -0.153. The van der Waals surface area contributed by atoms with E-state index in [1.54, 1.807) is 0 Å². The standard InChI is InChI=1S/C30H33NO4/c1-4-16-33-25-19-24(34-17-8-11-20-9-6-5-7-10-20)21-18-23-22-12-13-26(32)29(2)30(22,14-15-31(23)3)27(21)28(25)35-29/h1,5-7,9-10,19,22-23H,8,11-18H2,2-3H3/t22-,23+,29-,30-/m0/s1.